The van der Waals surface area contributed by atoms with Crippen molar-refractivity contribution in [1.29, 1.82) is 0 Å². The summed E-state index contributed by atoms with van der Waals surface area (Å²) in [5, 5.41) is 9.63. The Morgan fingerprint density at radius 1 is 0.851 bits per heavy atom. The number of carbonyl (C=O) groups is 3. The number of amides is 4. The van der Waals surface area contributed by atoms with Crippen LogP contribution in [0.5, 0.6) is 0 Å². The van der Waals surface area contributed by atoms with E-state index in [-0.39, 0.29) is 37.1 Å². The van der Waals surface area contributed by atoms with Crippen molar-refractivity contribution in [2.45, 2.75) is 75.9 Å². The molecule has 2 fully saturated rings. The molecule has 1 saturated heterocycles. The number of likely N-dealkylation sites (N-methyl/N-ethyl adjacent to an activating group) is 1. The Bertz CT molecular complexity index is 1420. The van der Waals surface area contributed by atoms with Gasteiger partial charge in [-0.3, -0.25) is 9.69 Å². The first-order chi connectivity index (χ1) is 21.8. The Morgan fingerprint density at radius 3 is 1.85 bits per heavy atom. The molecule has 2 aromatic carbocycles. The SMILES string of the molecule is CC(C)N(C(=O)O)C1CCC(C(=O)N2C[C@@H](N(C)C(=O)N(C)c3cc(C(F)(F)F)cc(C(F)(F)F)c3)[C@H](c3ccc(F)cc3)C2)CC1. The van der Waals surface area contributed by atoms with E-state index in [2.05, 4.69) is 0 Å². The number of carbonyl (C=O) groups excluding carboxylic acids is 2. The number of urea groups is 1. The van der Waals surface area contributed by atoms with Crippen LogP contribution in [0.2, 0.25) is 0 Å². The van der Waals surface area contributed by atoms with Gasteiger partial charge in [0, 0.05) is 56.8 Å². The van der Waals surface area contributed by atoms with Crippen LogP contribution < -0.4 is 4.90 Å². The van der Waals surface area contributed by atoms with E-state index in [1.807, 2.05) is 0 Å². The lowest BCUT2D eigenvalue weighted by Gasteiger charge is -2.38. The van der Waals surface area contributed by atoms with Crippen LogP contribution in [-0.2, 0) is 17.1 Å². The number of alkyl halides is 6. The standard InChI is InChI=1S/C32H37F7N4O4/c1-18(2)43(30(46)47)24-11-7-20(8-12-24)28(44)42-16-26(19-5-9-23(33)10-6-19)27(17-42)41(4)29(45)40(3)25-14-21(31(34,35)36)13-22(15-25)32(37,38)39/h5-6,9-10,13-15,18,20,24,26-27H,7-8,11-12,16-17H2,1-4H3,(H,46,47)/t20?,24?,26-,27+/m0/s1. The van der Waals surface area contributed by atoms with Crippen molar-refractivity contribution in [3.8, 4) is 0 Å². The quantitative estimate of drug-likeness (QED) is 0.326. The minimum Gasteiger partial charge on any atom is -0.465 e. The molecule has 8 nitrogen and oxygen atoms in total. The Morgan fingerprint density at radius 2 is 1.38 bits per heavy atom. The van der Waals surface area contributed by atoms with Gasteiger partial charge in [0.05, 0.1) is 17.2 Å². The number of likely N-dealkylation sites (tertiary alicyclic amines) is 1. The molecule has 4 rings (SSSR count). The van der Waals surface area contributed by atoms with Gasteiger partial charge in [-0.25, -0.2) is 14.0 Å². The van der Waals surface area contributed by atoms with Crippen LogP contribution in [0.25, 0.3) is 0 Å². The predicted molar refractivity (Wildman–Crippen MR) is 158 cm³/mol. The summed E-state index contributed by atoms with van der Waals surface area (Å²) in [5.41, 5.74) is -3.17. The molecule has 2 aliphatic rings. The van der Waals surface area contributed by atoms with Gasteiger partial charge < -0.3 is 19.8 Å². The zero-order chi connectivity index (χ0) is 35.0. The van der Waals surface area contributed by atoms with E-state index in [0.717, 1.165) is 7.05 Å². The van der Waals surface area contributed by atoms with Crippen molar-refractivity contribution < 1.29 is 50.2 Å². The molecule has 0 aromatic heterocycles. The number of benzene rings is 2. The number of halogens is 7. The van der Waals surface area contributed by atoms with E-state index in [1.165, 1.54) is 41.1 Å². The van der Waals surface area contributed by atoms with Crippen molar-refractivity contribution in [2.75, 3.05) is 32.1 Å². The molecule has 0 bridgehead atoms. The average Bonchev–Trinajstić information content (AvgIpc) is 3.44. The first-order valence-electron chi connectivity index (χ1n) is 15.1. The lowest BCUT2D eigenvalue weighted by atomic mass is 9.84. The van der Waals surface area contributed by atoms with Gasteiger partial charge in [0.25, 0.3) is 0 Å². The maximum Gasteiger partial charge on any atom is 0.416 e. The molecule has 15 heteroatoms. The van der Waals surface area contributed by atoms with Crippen LogP contribution in [0, 0.1) is 11.7 Å². The molecule has 1 aliphatic heterocycles. The van der Waals surface area contributed by atoms with Gasteiger partial charge in [0.1, 0.15) is 5.82 Å². The molecular weight excluding hydrogens is 637 g/mol. The number of hydrogen-bond acceptors (Lipinski definition) is 3. The normalized spacial score (nSPS) is 21.9. The second-order valence-corrected chi connectivity index (χ2v) is 12.5. The second-order valence-electron chi connectivity index (χ2n) is 12.5. The second kappa shape index (κ2) is 13.6. The Labute approximate surface area is 267 Å². The minimum atomic E-state index is -5.11. The molecule has 1 N–H and O–H groups in total. The summed E-state index contributed by atoms with van der Waals surface area (Å²) in [7, 11) is 2.42. The van der Waals surface area contributed by atoms with E-state index in [1.54, 1.807) is 18.7 Å². The predicted octanol–water partition coefficient (Wildman–Crippen LogP) is 7.29. The van der Waals surface area contributed by atoms with Crippen LogP contribution in [-0.4, -0.2) is 83.1 Å². The maximum atomic E-state index is 13.8. The Hall–Kier alpha value is -4.04. The van der Waals surface area contributed by atoms with E-state index >= 15 is 0 Å². The molecule has 0 radical (unpaired) electrons. The molecule has 2 atom stereocenters. The summed E-state index contributed by atoms with van der Waals surface area (Å²) in [6, 6.07) is 4.21. The third-order valence-electron chi connectivity index (χ3n) is 9.16. The number of hydrogen-bond donors (Lipinski definition) is 1. The molecule has 4 amide bonds. The van der Waals surface area contributed by atoms with Gasteiger partial charge in [-0.05, 0) is 75.4 Å². The molecular formula is C32H37F7N4O4. The van der Waals surface area contributed by atoms with Crippen LogP contribution in [0.1, 0.15) is 62.1 Å². The highest BCUT2D eigenvalue weighted by Crippen LogP contribution is 2.40. The molecule has 2 aromatic rings. The van der Waals surface area contributed by atoms with E-state index < -0.39 is 65.0 Å². The summed E-state index contributed by atoms with van der Waals surface area (Å²) >= 11 is 0. The van der Waals surface area contributed by atoms with Gasteiger partial charge in [-0.1, -0.05) is 12.1 Å². The van der Waals surface area contributed by atoms with Crippen LogP contribution in [0.4, 0.5) is 46.0 Å². The topological polar surface area (TPSA) is 84.4 Å². The van der Waals surface area contributed by atoms with Crippen molar-refractivity contribution in [3.63, 3.8) is 0 Å². The van der Waals surface area contributed by atoms with E-state index in [4.69, 9.17) is 0 Å². The number of carboxylic acid groups (broad SMARTS) is 1. The van der Waals surface area contributed by atoms with E-state index in [9.17, 15) is 50.2 Å². The summed E-state index contributed by atoms with van der Waals surface area (Å²) < 4.78 is 94.8. The summed E-state index contributed by atoms with van der Waals surface area (Å²) in [6.45, 7) is 3.71. The molecule has 1 heterocycles. The zero-order valence-corrected chi connectivity index (χ0v) is 26.3. The fraction of sp³-hybridized carbons (Fsp3) is 0.531. The highest BCUT2D eigenvalue weighted by molar-refractivity contribution is 5.92. The van der Waals surface area contributed by atoms with Crippen molar-refractivity contribution >= 4 is 23.7 Å². The molecule has 0 spiro atoms. The molecule has 1 saturated carbocycles. The molecule has 1 aliphatic carbocycles. The van der Waals surface area contributed by atoms with Crippen LogP contribution in [0.3, 0.4) is 0 Å². The molecule has 47 heavy (non-hydrogen) atoms. The third kappa shape index (κ3) is 7.92. The Kier molecular flexibility index (Phi) is 10.4. The monoisotopic (exact) mass is 674 g/mol. The van der Waals surface area contributed by atoms with Crippen LogP contribution >= 0.6 is 0 Å². The lowest BCUT2D eigenvalue weighted by molar-refractivity contribution is -0.143. The number of nitrogens with zero attached hydrogens (tertiary/aromatic N) is 4. The summed E-state index contributed by atoms with van der Waals surface area (Å²) in [5.74, 6) is -1.67. The number of rotatable bonds is 6. The van der Waals surface area contributed by atoms with E-state index in [0.29, 0.717) is 48.3 Å². The fourth-order valence-electron chi connectivity index (χ4n) is 6.68. The summed E-state index contributed by atoms with van der Waals surface area (Å²) in [6.07, 6.45) is -9.39. The van der Waals surface area contributed by atoms with Gasteiger partial charge in [0.15, 0.2) is 0 Å². The first-order valence-corrected chi connectivity index (χ1v) is 15.1. The smallest absolute Gasteiger partial charge is 0.416 e. The average molecular weight is 675 g/mol. The van der Waals surface area contributed by atoms with Gasteiger partial charge in [-0.2, -0.15) is 26.3 Å². The highest BCUT2D eigenvalue weighted by Gasteiger charge is 2.44. The zero-order valence-electron chi connectivity index (χ0n) is 26.3. The maximum absolute atomic E-state index is 13.8. The molecule has 0 unspecified atom stereocenters. The fourth-order valence-corrected chi connectivity index (χ4v) is 6.68. The lowest BCUT2D eigenvalue weighted by Crippen LogP contribution is -2.48. The minimum absolute atomic E-state index is 0.0144. The van der Waals surface area contributed by atoms with Crippen molar-refractivity contribution in [3.05, 3.63) is 65.0 Å². The largest absolute Gasteiger partial charge is 0.465 e. The van der Waals surface area contributed by atoms with Crippen LogP contribution in [0.15, 0.2) is 42.5 Å². The molecule has 258 valence electrons. The Balaban J connectivity index is 1.57. The van der Waals surface area contributed by atoms with Crippen molar-refractivity contribution in [2.24, 2.45) is 5.92 Å². The van der Waals surface area contributed by atoms with Crippen molar-refractivity contribution in [1.82, 2.24) is 14.7 Å². The third-order valence-corrected chi connectivity index (χ3v) is 9.16. The van der Waals surface area contributed by atoms with Gasteiger partial charge >= 0.3 is 24.5 Å². The first kappa shape index (κ1) is 35.8. The number of anilines is 1. The van der Waals surface area contributed by atoms with Gasteiger partial charge in [0.2, 0.25) is 5.91 Å². The highest BCUT2D eigenvalue weighted by atomic mass is 19.4. The summed E-state index contributed by atoms with van der Waals surface area (Å²) in [4.78, 5) is 44.0. The van der Waals surface area contributed by atoms with Gasteiger partial charge in [-0.15, -0.1) is 0 Å².